The Kier molecular flexibility index (Phi) is 8.44. The van der Waals surface area contributed by atoms with Crippen LogP contribution in [0.25, 0.3) is 6.08 Å². The van der Waals surface area contributed by atoms with Gasteiger partial charge >= 0.3 is 11.9 Å². The van der Waals surface area contributed by atoms with Crippen LogP contribution < -0.4 is 0 Å². The summed E-state index contributed by atoms with van der Waals surface area (Å²) in [5.41, 5.74) is -3.92. The van der Waals surface area contributed by atoms with Crippen LogP contribution in [0.15, 0.2) is 48.2 Å². The second kappa shape index (κ2) is 11.3. The van der Waals surface area contributed by atoms with Crippen molar-refractivity contribution in [2.45, 2.75) is 67.6 Å². The van der Waals surface area contributed by atoms with Crippen LogP contribution in [-0.2, 0) is 33.3 Å². The van der Waals surface area contributed by atoms with Crippen LogP contribution in [0.2, 0.25) is 0 Å². The molecule has 214 valence electrons. The molecule has 39 heavy (non-hydrogen) atoms. The van der Waals surface area contributed by atoms with Gasteiger partial charge in [-0.3, -0.25) is 0 Å². The summed E-state index contributed by atoms with van der Waals surface area (Å²) in [5, 5.41) is 63.3. The molecule has 1 saturated heterocycles. The van der Waals surface area contributed by atoms with Crippen LogP contribution >= 0.6 is 0 Å². The predicted octanol–water partition coefficient (Wildman–Crippen LogP) is -1.66. The summed E-state index contributed by atoms with van der Waals surface area (Å²) in [4.78, 5) is 25.1. The number of methoxy groups -OCH3 is 1. The lowest BCUT2D eigenvalue weighted by Gasteiger charge is -2.46. The molecule has 1 aromatic carbocycles. The monoisotopic (exact) mass is 552 g/mol. The first-order valence-electron chi connectivity index (χ1n) is 12.2. The van der Waals surface area contributed by atoms with Gasteiger partial charge in [0, 0.05) is 12.5 Å². The third kappa shape index (κ3) is 5.44. The number of aliphatic hydroxyl groups is 6. The van der Waals surface area contributed by atoms with Crippen LogP contribution in [0, 0.1) is 5.92 Å². The smallest absolute Gasteiger partial charge is 0.339 e. The lowest BCUT2D eigenvalue weighted by atomic mass is 9.77. The zero-order chi connectivity index (χ0) is 28.5. The van der Waals surface area contributed by atoms with Crippen molar-refractivity contribution in [3.8, 4) is 0 Å². The molecule has 10 atom stereocenters. The van der Waals surface area contributed by atoms with Crippen LogP contribution in [-0.4, -0.2) is 111 Å². The van der Waals surface area contributed by atoms with Crippen molar-refractivity contribution in [1.29, 1.82) is 0 Å². The number of benzene rings is 1. The first kappa shape index (κ1) is 29.1. The molecule has 0 bridgehead atoms. The van der Waals surface area contributed by atoms with Gasteiger partial charge in [-0.2, -0.15) is 0 Å². The number of hydrogen-bond donors (Lipinski definition) is 6. The van der Waals surface area contributed by atoms with Crippen LogP contribution in [0.1, 0.15) is 18.9 Å². The Morgan fingerprint density at radius 1 is 1.08 bits per heavy atom. The molecule has 1 saturated carbocycles. The maximum Gasteiger partial charge on any atom is 0.339 e. The number of fused-ring (bicyclic) bond motifs is 1. The normalized spacial score (nSPS) is 39.9. The summed E-state index contributed by atoms with van der Waals surface area (Å²) in [6.07, 6.45) is -8.13. The van der Waals surface area contributed by atoms with Gasteiger partial charge in [0.15, 0.2) is 6.29 Å². The Hall–Kier alpha value is -2.88. The average Bonchev–Trinajstić information content (AvgIpc) is 3.12. The van der Waals surface area contributed by atoms with Gasteiger partial charge in [0.05, 0.1) is 25.9 Å². The quantitative estimate of drug-likeness (QED) is 0.166. The highest BCUT2D eigenvalue weighted by Crippen LogP contribution is 2.53. The standard InChI is InChI=1S/C26H32O13/c1-25(33)16(38-17(28)9-8-13-6-4-3-5-7-13)10-26(34)14(22(32)35-2)12-36-24(21(25)26)39-23-20(31)19(30)18(29)15(11-27)37-23/h3-9,12,15-16,18-21,23-24,27,29-31,33-34H,10-11H2,1-2H3/t15-,16+,18-,19+,20-,21?,23+,24+,25+,26-/m1/s1. The summed E-state index contributed by atoms with van der Waals surface area (Å²) in [6.45, 7) is 0.532. The molecule has 13 heteroatoms. The summed E-state index contributed by atoms with van der Waals surface area (Å²) in [6, 6.07) is 8.90. The molecule has 13 nitrogen and oxygen atoms in total. The van der Waals surface area contributed by atoms with E-state index in [1.807, 2.05) is 6.07 Å². The molecule has 2 fully saturated rings. The summed E-state index contributed by atoms with van der Waals surface area (Å²) >= 11 is 0. The lowest BCUT2D eigenvalue weighted by Crippen LogP contribution is -2.62. The van der Waals surface area contributed by atoms with Gasteiger partial charge in [-0.1, -0.05) is 30.3 Å². The molecular formula is C26H32O13. The number of hydrogen-bond acceptors (Lipinski definition) is 13. The number of rotatable bonds is 7. The molecule has 2 aliphatic heterocycles. The van der Waals surface area contributed by atoms with Gasteiger partial charge in [-0.05, 0) is 18.6 Å². The van der Waals surface area contributed by atoms with E-state index in [2.05, 4.69) is 0 Å². The molecule has 1 aromatic rings. The van der Waals surface area contributed by atoms with E-state index >= 15 is 0 Å². The molecule has 1 unspecified atom stereocenters. The van der Waals surface area contributed by atoms with Gasteiger partial charge < -0.3 is 54.3 Å². The van der Waals surface area contributed by atoms with Crippen molar-refractivity contribution >= 4 is 18.0 Å². The molecule has 1 aliphatic carbocycles. The fraction of sp³-hybridized carbons (Fsp3) is 0.538. The zero-order valence-corrected chi connectivity index (χ0v) is 21.2. The lowest BCUT2D eigenvalue weighted by molar-refractivity contribution is -0.352. The van der Waals surface area contributed by atoms with Crippen molar-refractivity contribution in [1.82, 2.24) is 0 Å². The molecular weight excluding hydrogens is 520 g/mol. The van der Waals surface area contributed by atoms with E-state index in [4.69, 9.17) is 23.7 Å². The molecule has 0 radical (unpaired) electrons. The summed E-state index contributed by atoms with van der Waals surface area (Å²) in [5.74, 6) is -3.31. The third-order valence-electron chi connectivity index (χ3n) is 7.34. The molecule has 0 aromatic heterocycles. The van der Waals surface area contributed by atoms with Crippen molar-refractivity contribution in [3.05, 3.63) is 53.8 Å². The molecule has 3 aliphatic rings. The highest BCUT2D eigenvalue weighted by Gasteiger charge is 2.69. The average molecular weight is 553 g/mol. The Labute approximate surface area is 223 Å². The van der Waals surface area contributed by atoms with Gasteiger partial charge in [0.1, 0.15) is 47.3 Å². The number of aliphatic hydroxyl groups excluding tert-OH is 4. The topological polar surface area (TPSA) is 202 Å². The van der Waals surface area contributed by atoms with E-state index in [0.29, 0.717) is 0 Å². The van der Waals surface area contributed by atoms with E-state index in [1.54, 1.807) is 24.3 Å². The van der Waals surface area contributed by atoms with Crippen molar-refractivity contribution in [2.75, 3.05) is 13.7 Å². The second-order valence-corrected chi connectivity index (χ2v) is 9.86. The maximum atomic E-state index is 12.6. The Morgan fingerprint density at radius 3 is 2.41 bits per heavy atom. The number of carbonyl (C=O) groups excluding carboxylic acids is 2. The fourth-order valence-electron chi connectivity index (χ4n) is 5.22. The van der Waals surface area contributed by atoms with Gasteiger partial charge in [-0.15, -0.1) is 0 Å². The highest BCUT2D eigenvalue weighted by molar-refractivity contribution is 5.91. The van der Waals surface area contributed by atoms with Gasteiger partial charge in [0.2, 0.25) is 6.29 Å². The SMILES string of the molecule is COC(=O)C1=CO[C@@H](O[C@@H]2O[C@H](CO)[C@@H](O)[C@H](O)[C@H]2O)C2[C@@]1(O)C[C@H](OC(=O)C=Cc1ccccc1)[C@]2(C)O. The number of carbonyl (C=O) groups is 2. The Balaban J connectivity index is 1.61. The molecule has 6 N–H and O–H groups in total. The van der Waals surface area contributed by atoms with E-state index in [0.717, 1.165) is 25.0 Å². The summed E-state index contributed by atoms with van der Waals surface area (Å²) in [7, 11) is 1.08. The van der Waals surface area contributed by atoms with Crippen molar-refractivity contribution in [3.63, 3.8) is 0 Å². The molecule has 0 spiro atoms. The fourth-order valence-corrected chi connectivity index (χ4v) is 5.22. The molecule has 4 rings (SSSR count). The first-order chi connectivity index (χ1) is 18.4. The first-order valence-corrected chi connectivity index (χ1v) is 12.2. The predicted molar refractivity (Wildman–Crippen MR) is 129 cm³/mol. The maximum absolute atomic E-state index is 12.6. The van der Waals surface area contributed by atoms with E-state index < -0.39 is 85.2 Å². The number of esters is 2. The Morgan fingerprint density at radius 2 is 1.77 bits per heavy atom. The molecule has 0 amide bonds. The third-order valence-corrected chi connectivity index (χ3v) is 7.34. The minimum absolute atomic E-state index is 0.373. The molecule has 2 heterocycles. The summed E-state index contributed by atoms with van der Waals surface area (Å²) < 4.78 is 26.8. The highest BCUT2D eigenvalue weighted by atomic mass is 16.8. The zero-order valence-electron chi connectivity index (χ0n) is 21.2. The minimum Gasteiger partial charge on any atom is -0.471 e. The van der Waals surface area contributed by atoms with Crippen LogP contribution in [0.4, 0.5) is 0 Å². The van der Waals surface area contributed by atoms with E-state index in [-0.39, 0.29) is 5.57 Å². The van der Waals surface area contributed by atoms with Crippen molar-refractivity contribution in [2.24, 2.45) is 5.92 Å². The van der Waals surface area contributed by atoms with Crippen molar-refractivity contribution < 1.29 is 63.9 Å². The van der Waals surface area contributed by atoms with E-state index in [9.17, 15) is 40.2 Å². The largest absolute Gasteiger partial charge is 0.471 e. The van der Waals surface area contributed by atoms with Crippen LogP contribution in [0.5, 0.6) is 0 Å². The van der Waals surface area contributed by atoms with Gasteiger partial charge in [0.25, 0.3) is 0 Å². The van der Waals surface area contributed by atoms with E-state index in [1.165, 1.54) is 13.0 Å². The van der Waals surface area contributed by atoms with Gasteiger partial charge in [-0.25, -0.2) is 9.59 Å². The second-order valence-electron chi connectivity index (χ2n) is 9.86. The minimum atomic E-state index is -2.19. The number of ether oxygens (including phenoxy) is 5. The Bertz CT molecular complexity index is 1100. The van der Waals surface area contributed by atoms with Crippen LogP contribution in [0.3, 0.4) is 0 Å².